The first-order chi connectivity index (χ1) is 8.65. The summed E-state index contributed by atoms with van der Waals surface area (Å²) >= 11 is 0. The maximum absolute atomic E-state index is 11.1. The number of benzene rings is 1. The van der Waals surface area contributed by atoms with Crippen LogP contribution in [0.5, 0.6) is 0 Å². The van der Waals surface area contributed by atoms with Gasteiger partial charge in [0.05, 0.1) is 17.1 Å². The summed E-state index contributed by atoms with van der Waals surface area (Å²) in [5, 5.41) is 31.2. The summed E-state index contributed by atoms with van der Waals surface area (Å²) in [5.74, 6) is 0. The van der Waals surface area contributed by atoms with Gasteiger partial charge in [-0.05, 0) is 12.1 Å². The Balaban J connectivity index is 3.34. The molecular weight excluding hydrogens is 234 g/mol. The summed E-state index contributed by atoms with van der Waals surface area (Å²) in [6, 6.07) is 8.50. The van der Waals surface area contributed by atoms with E-state index in [0.29, 0.717) is 5.69 Å². The normalized spacial score (nSPS) is 9.06. The second-order valence-electron chi connectivity index (χ2n) is 3.35. The number of hydrogen-bond donors (Lipinski definition) is 1. The maximum Gasteiger partial charge on any atom is 0.315 e. The lowest BCUT2D eigenvalue weighted by molar-refractivity contribution is -0.383. The van der Waals surface area contributed by atoms with Crippen LogP contribution in [0.1, 0.15) is 0 Å². The van der Waals surface area contributed by atoms with Crippen LogP contribution in [0, 0.1) is 32.8 Å². The van der Waals surface area contributed by atoms with E-state index in [1.54, 1.807) is 19.2 Å². The highest BCUT2D eigenvalue weighted by Gasteiger charge is 2.23. The van der Waals surface area contributed by atoms with Crippen LogP contribution in [0.2, 0.25) is 0 Å². The first-order valence-electron chi connectivity index (χ1n) is 5.09. The van der Waals surface area contributed by atoms with E-state index in [1.165, 1.54) is 11.0 Å². The van der Waals surface area contributed by atoms with Crippen molar-refractivity contribution in [2.24, 2.45) is 0 Å². The van der Waals surface area contributed by atoms with Crippen LogP contribution in [0.25, 0.3) is 0 Å². The minimum absolute atomic E-state index is 0.0818. The molecule has 0 aromatic heterocycles. The maximum atomic E-state index is 11.1. The molecule has 1 aromatic carbocycles. The van der Waals surface area contributed by atoms with Gasteiger partial charge in [0.25, 0.3) is 0 Å². The Kier molecular flexibility index (Phi) is 4.47. The van der Waals surface area contributed by atoms with Crippen molar-refractivity contribution in [2.45, 2.75) is 0 Å². The Hall–Kier alpha value is -2.80. The highest BCUT2D eigenvalue weighted by molar-refractivity contribution is 5.77. The third-order valence-electron chi connectivity index (χ3n) is 2.33. The number of nitrogens with zero attached hydrogens (tertiary/aromatic N) is 4. The number of anilines is 2. The molecule has 0 spiro atoms. The molecule has 1 rings (SSSR count). The van der Waals surface area contributed by atoms with Crippen LogP contribution in [-0.2, 0) is 0 Å². The van der Waals surface area contributed by atoms with Gasteiger partial charge in [-0.1, -0.05) is 6.07 Å². The highest BCUT2D eigenvalue weighted by Crippen LogP contribution is 2.34. The van der Waals surface area contributed by atoms with Crippen LogP contribution in [0.3, 0.4) is 0 Å². The summed E-state index contributed by atoms with van der Waals surface area (Å²) in [7, 11) is 1.57. The average Bonchev–Trinajstić information content (AvgIpc) is 2.37. The van der Waals surface area contributed by atoms with Crippen molar-refractivity contribution in [3.8, 4) is 12.1 Å². The molecule has 0 unspecified atom stereocenters. The molecule has 7 heteroatoms. The summed E-state index contributed by atoms with van der Waals surface area (Å²) < 4.78 is 0. The molecule has 0 amide bonds. The number of nitrogens with one attached hydrogen (secondary N) is 1. The minimum Gasteiger partial charge on any atom is -0.382 e. The summed E-state index contributed by atoms with van der Waals surface area (Å²) in [6.07, 6.45) is 0. The lowest BCUT2D eigenvalue weighted by Gasteiger charge is -2.18. The van der Waals surface area contributed by atoms with Crippen molar-refractivity contribution in [1.29, 1.82) is 10.5 Å². The van der Waals surface area contributed by atoms with Crippen LogP contribution in [-0.4, -0.2) is 25.1 Å². The fraction of sp³-hybridized carbons (Fsp3) is 0.273. The molecule has 0 aliphatic rings. The second-order valence-corrected chi connectivity index (χ2v) is 3.35. The lowest BCUT2D eigenvalue weighted by Crippen LogP contribution is -2.24. The third kappa shape index (κ3) is 2.66. The fourth-order valence-electron chi connectivity index (χ4n) is 1.58. The van der Waals surface area contributed by atoms with Gasteiger partial charge in [-0.15, -0.1) is 0 Å². The Labute approximate surface area is 104 Å². The van der Waals surface area contributed by atoms with E-state index in [1.807, 2.05) is 12.1 Å². The van der Waals surface area contributed by atoms with Crippen molar-refractivity contribution in [2.75, 3.05) is 30.4 Å². The summed E-state index contributed by atoms with van der Waals surface area (Å²) in [5.41, 5.74) is 0.471. The Bertz CT molecular complexity index is 513. The highest BCUT2D eigenvalue weighted by atomic mass is 16.6. The topological polar surface area (TPSA) is 106 Å². The first kappa shape index (κ1) is 13.3. The van der Waals surface area contributed by atoms with Crippen molar-refractivity contribution in [1.82, 2.24) is 0 Å². The van der Waals surface area contributed by atoms with Gasteiger partial charge in [-0.2, -0.15) is 10.5 Å². The monoisotopic (exact) mass is 245 g/mol. The molecule has 18 heavy (non-hydrogen) atoms. The molecule has 0 aliphatic carbocycles. The molecule has 0 saturated carbocycles. The second kappa shape index (κ2) is 6.06. The predicted molar refractivity (Wildman–Crippen MR) is 66.1 cm³/mol. The first-order valence-corrected chi connectivity index (χ1v) is 5.09. The van der Waals surface area contributed by atoms with E-state index in [-0.39, 0.29) is 24.5 Å². The van der Waals surface area contributed by atoms with E-state index in [4.69, 9.17) is 10.5 Å². The number of para-hydroxylation sites is 1. The molecular formula is C11H11N5O2. The molecule has 7 nitrogen and oxygen atoms in total. The lowest BCUT2D eigenvalue weighted by atomic mass is 10.2. The number of nitro benzene ring substituents is 1. The van der Waals surface area contributed by atoms with E-state index >= 15 is 0 Å². The van der Waals surface area contributed by atoms with Gasteiger partial charge in [0.1, 0.15) is 24.5 Å². The number of nitriles is 2. The molecule has 0 aliphatic heterocycles. The van der Waals surface area contributed by atoms with Gasteiger partial charge in [0, 0.05) is 7.05 Å². The zero-order chi connectivity index (χ0) is 13.5. The predicted octanol–water partition coefficient (Wildman–Crippen LogP) is 1.49. The number of nitro groups is 1. The summed E-state index contributed by atoms with van der Waals surface area (Å²) in [4.78, 5) is 11.9. The third-order valence-corrected chi connectivity index (χ3v) is 2.33. The molecule has 92 valence electrons. The van der Waals surface area contributed by atoms with E-state index in [2.05, 4.69) is 5.32 Å². The zero-order valence-corrected chi connectivity index (χ0v) is 9.75. The van der Waals surface area contributed by atoms with Gasteiger partial charge in [-0.25, -0.2) is 0 Å². The zero-order valence-electron chi connectivity index (χ0n) is 9.75. The van der Waals surface area contributed by atoms with Crippen LogP contribution >= 0.6 is 0 Å². The van der Waals surface area contributed by atoms with Gasteiger partial charge < -0.3 is 10.2 Å². The van der Waals surface area contributed by atoms with Gasteiger partial charge in [-0.3, -0.25) is 10.1 Å². The Morgan fingerprint density at radius 1 is 1.39 bits per heavy atom. The van der Waals surface area contributed by atoms with E-state index in [9.17, 15) is 10.1 Å². The molecule has 0 atom stereocenters. The fourth-order valence-corrected chi connectivity index (χ4v) is 1.58. The smallest absolute Gasteiger partial charge is 0.315 e. The minimum atomic E-state index is -0.525. The van der Waals surface area contributed by atoms with Gasteiger partial charge >= 0.3 is 5.69 Å². The summed E-state index contributed by atoms with van der Waals surface area (Å²) in [6.45, 7) is -0.164. The average molecular weight is 245 g/mol. The van der Waals surface area contributed by atoms with Crippen LogP contribution in [0.15, 0.2) is 18.2 Å². The van der Waals surface area contributed by atoms with Crippen LogP contribution < -0.4 is 10.2 Å². The van der Waals surface area contributed by atoms with E-state index in [0.717, 1.165) is 0 Å². The van der Waals surface area contributed by atoms with Crippen molar-refractivity contribution < 1.29 is 4.92 Å². The Morgan fingerprint density at radius 3 is 2.44 bits per heavy atom. The van der Waals surface area contributed by atoms with E-state index < -0.39 is 4.92 Å². The number of hydrogen-bond acceptors (Lipinski definition) is 6. The standard InChI is InChI=1S/C11H11N5O2/c1-14-9-3-2-4-10(11(9)16(17)18)15(7-5-12)8-6-13/h2-4,14H,7-8H2,1H3. The Morgan fingerprint density at radius 2 is 2.00 bits per heavy atom. The van der Waals surface area contributed by atoms with Gasteiger partial charge in [0.15, 0.2) is 0 Å². The van der Waals surface area contributed by atoms with Crippen molar-refractivity contribution >= 4 is 17.1 Å². The molecule has 1 aromatic rings. The molecule has 1 N–H and O–H groups in total. The van der Waals surface area contributed by atoms with Gasteiger partial charge in [0.2, 0.25) is 0 Å². The van der Waals surface area contributed by atoms with Crippen molar-refractivity contribution in [3.05, 3.63) is 28.3 Å². The molecule has 0 radical (unpaired) electrons. The molecule has 0 fully saturated rings. The largest absolute Gasteiger partial charge is 0.382 e. The SMILES string of the molecule is CNc1cccc(N(CC#N)CC#N)c1[N+](=O)[O-]. The molecule has 0 bridgehead atoms. The van der Waals surface area contributed by atoms with Crippen molar-refractivity contribution in [3.63, 3.8) is 0 Å². The quantitative estimate of drug-likeness (QED) is 0.478. The molecule has 0 saturated heterocycles. The number of rotatable bonds is 5. The van der Waals surface area contributed by atoms with Crippen LogP contribution in [0.4, 0.5) is 17.1 Å². The molecule has 0 heterocycles.